The Morgan fingerprint density at radius 1 is 1.12 bits per heavy atom. The Balaban J connectivity index is 1.73. The van der Waals surface area contributed by atoms with Crippen molar-refractivity contribution in [2.75, 3.05) is 52.9 Å². The highest BCUT2D eigenvalue weighted by Crippen LogP contribution is 2.25. The molecule has 25 heavy (non-hydrogen) atoms. The molecule has 1 aromatic carbocycles. The highest BCUT2D eigenvalue weighted by Gasteiger charge is 2.29. The van der Waals surface area contributed by atoms with Crippen molar-refractivity contribution in [1.29, 1.82) is 0 Å². The first-order valence-electron chi connectivity index (χ1n) is 9.35. The van der Waals surface area contributed by atoms with Gasteiger partial charge in [0.25, 0.3) is 0 Å². The first kappa shape index (κ1) is 19.7. The summed E-state index contributed by atoms with van der Waals surface area (Å²) in [6.07, 6.45) is 0.997. The minimum Gasteiger partial charge on any atom is -0.497 e. The molecule has 1 aromatic rings. The zero-order chi connectivity index (χ0) is 18.3. The topological polar surface area (TPSA) is 44.8 Å². The van der Waals surface area contributed by atoms with E-state index >= 15 is 0 Å². The van der Waals surface area contributed by atoms with Crippen LogP contribution in [0.2, 0.25) is 0 Å². The summed E-state index contributed by atoms with van der Waals surface area (Å²) in [5.41, 5.74) is 0.459. The van der Waals surface area contributed by atoms with Gasteiger partial charge in [-0.15, -0.1) is 0 Å². The lowest BCUT2D eigenvalue weighted by Gasteiger charge is -2.34. The fourth-order valence-electron chi connectivity index (χ4n) is 3.19. The van der Waals surface area contributed by atoms with Crippen LogP contribution in [-0.2, 0) is 10.2 Å². The van der Waals surface area contributed by atoms with E-state index in [9.17, 15) is 4.79 Å². The number of hydrogen-bond acceptors (Lipinski definition) is 4. The predicted octanol–water partition coefficient (Wildman–Crippen LogP) is 2.12. The van der Waals surface area contributed by atoms with Crippen molar-refractivity contribution in [2.24, 2.45) is 0 Å². The van der Waals surface area contributed by atoms with E-state index in [2.05, 4.69) is 22.0 Å². The van der Waals surface area contributed by atoms with Gasteiger partial charge in [-0.1, -0.05) is 19.1 Å². The van der Waals surface area contributed by atoms with Crippen molar-refractivity contribution in [3.8, 4) is 5.75 Å². The maximum atomic E-state index is 12.6. The summed E-state index contributed by atoms with van der Waals surface area (Å²) in [4.78, 5) is 17.6. The molecule has 0 saturated carbocycles. The van der Waals surface area contributed by atoms with E-state index in [1.165, 1.54) is 0 Å². The molecule has 0 atom stereocenters. The molecule has 1 aliphatic heterocycles. The van der Waals surface area contributed by atoms with Crippen LogP contribution in [0.1, 0.15) is 32.8 Å². The summed E-state index contributed by atoms with van der Waals surface area (Å²) in [5.74, 6) is 0.886. The number of carbonyl (C=O) groups is 1. The van der Waals surface area contributed by atoms with E-state index in [4.69, 9.17) is 4.74 Å². The number of amides is 1. The van der Waals surface area contributed by atoms with Crippen LogP contribution >= 0.6 is 0 Å². The summed E-state index contributed by atoms with van der Waals surface area (Å²) < 4.78 is 5.18. The summed E-state index contributed by atoms with van der Waals surface area (Å²) in [7, 11) is 1.65. The number of hydrogen-bond donors (Lipinski definition) is 1. The van der Waals surface area contributed by atoms with E-state index in [-0.39, 0.29) is 5.91 Å². The van der Waals surface area contributed by atoms with Gasteiger partial charge < -0.3 is 19.9 Å². The van der Waals surface area contributed by atoms with Crippen LogP contribution in [0.3, 0.4) is 0 Å². The first-order chi connectivity index (χ1) is 12.0. The molecule has 1 saturated heterocycles. The SMILES string of the molecule is CCN1CCN(CCCNC(=O)C(C)(C)c2ccc(OC)cc2)CC1. The molecule has 1 amide bonds. The summed E-state index contributed by atoms with van der Waals surface area (Å²) in [6, 6.07) is 7.73. The monoisotopic (exact) mass is 347 g/mol. The van der Waals surface area contributed by atoms with Crippen LogP contribution in [0, 0.1) is 0 Å². The van der Waals surface area contributed by atoms with Crippen LogP contribution in [0.5, 0.6) is 5.75 Å². The summed E-state index contributed by atoms with van der Waals surface area (Å²) >= 11 is 0. The number of ether oxygens (including phenoxy) is 1. The number of likely N-dealkylation sites (N-methyl/N-ethyl adjacent to an activating group) is 1. The third-order valence-electron chi connectivity index (χ3n) is 5.23. The molecule has 0 bridgehead atoms. The van der Waals surface area contributed by atoms with Gasteiger partial charge >= 0.3 is 0 Å². The number of methoxy groups -OCH3 is 1. The average molecular weight is 348 g/mol. The predicted molar refractivity (Wildman–Crippen MR) is 102 cm³/mol. The molecule has 140 valence electrons. The van der Waals surface area contributed by atoms with Crippen LogP contribution < -0.4 is 10.1 Å². The zero-order valence-corrected chi connectivity index (χ0v) is 16.2. The van der Waals surface area contributed by atoms with Crippen molar-refractivity contribution in [3.63, 3.8) is 0 Å². The van der Waals surface area contributed by atoms with Crippen LogP contribution in [0.15, 0.2) is 24.3 Å². The first-order valence-corrected chi connectivity index (χ1v) is 9.35. The van der Waals surface area contributed by atoms with E-state index in [0.29, 0.717) is 0 Å². The van der Waals surface area contributed by atoms with E-state index < -0.39 is 5.41 Å². The van der Waals surface area contributed by atoms with Gasteiger partial charge in [-0.25, -0.2) is 0 Å². The molecule has 1 fully saturated rings. The second-order valence-corrected chi connectivity index (χ2v) is 7.24. The van der Waals surface area contributed by atoms with Gasteiger partial charge in [0.1, 0.15) is 5.75 Å². The second-order valence-electron chi connectivity index (χ2n) is 7.24. The van der Waals surface area contributed by atoms with Gasteiger partial charge in [-0.3, -0.25) is 4.79 Å². The molecule has 0 aliphatic carbocycles. The number of nitrogens with one attached hydrogen (secondary N) is 1. The van der Waals surface area contributed by atoms with Crippen molar-refractivity contribution in [3.05, 3.63) is 29.8 Å². The van der Waals surface area contributed by atoms with Crippen molar-refractivity contribution < 1.29 is 9.53 Å². The number of carbonyl (C=O) groups excluding carboxylic acids is 1. The van der Waals surface area contributed by atoms with Gasteiger partial charge in [-0.2, -0.15) is 0 Å². The molecule has 5 nitrogen and oxygen atoms in total. The molecular weight excluding hydrogens is 314 g/mol. The molecule has 1 aliphatic rings. The second kappa shape index (κ2) is 9.20. The third kappa shape index (κ3) is 5.44. The normalized spacial score (nSPS) is 16.6. The van der Waals surface area contributed by atoms with Gasteiger partial charge in [0, 0.05) is 32.7 Å². The largest absolute Gasteiger partial charge is 0.497 e. The maximum absolute atomic E-state index is 12.6. The molecule has 5 heteroatoms. The molecule has 1 N–H and O–H groups in total. The van der Waals surface area contributed by atoms with Crippen molar-refractivity contribution in [1.82, 2.24) is 15.1 Å². The smallest absolute Gasteiger partial charge is 0.230 e. The minimum absolute atomic E-state index is 0.0773. The van der Waals surface area contributed by atoms with Crippen molar-refractivity contribution >= 4 is 5.91 Å². The van der Waals surface area contributed by atoms with Gasteiger partial charge in [0.15, 0.2) is 0 Å². The van der Waals surface area contributed by atoms with E-state index in [1.54, 1.807) is 7.11 Å². The van der Waals surface area contributed by atoms with E-state index in [1.807, 2.05) is 38.1 Å². The van der Waals surface area contributed by atoms with Crippen LogP contribution in [-0.4, -0.2) is 68.6 Å². The van der Waals surface area contributed by atoms with Crippen LogP contribution in [0.25, 0.3) is 0 Å². The molecule has 2 rings (SSSR count). The molecule has 0 spiro atoms. The Labute approximate surface area is 152 Å². The summed E-state index contributed by atoms with van der Waals surface area (Å²) in [5, 5.41) is 3.10. The maximum Gasteiger partial charge on any atom is 0.230 e. The minimum atomic E-state index is -0.543. The van der Waals surface area contributed by atoms with Gasteiger partial charge in [0.2, 0.25) is 5.91 Å². The zero-order valence-electron chi connectivity index (χ0n) is 16.2. The number of benzene rings is 1. The lowest BCUT2D eigenvalue weighted by atomic mass is 9.83. The molecular formula is C20H33N3O2. The molecule has 0 aromatic heterocycles. The average Bonchev–Trinajstić information content (AvgIpc) is 2.65. The molecule has 1 heterocycles. The Morgan fingerprint density at radius 2 is 1.72 bits per heavy atom. The third-order valence-corrected chi connectivity index (χ3v) is 5.23. The standard InChI is InChI=1S/C20H33N3O2/c1-5-22-13-15-23(16-14-22)12-6-11-21-19(24)20(2,3)17-7-9-18(25-4)10-8-17/h7-10H,5-6,11-16H2,1-4H3,(H,21,24). The highest BCUT2D eigenvalue weighted by molar-refractivity contribution is 5.87. The molecule has 0 unspecified atom stereocenters. The lowest BCUT2D eigenvalue weighted by Crippen LogP contribution is -2.47. The highest BCUT2D eigenvalue weighted by atomic mass is 16.5. The Hall–Kier alpha value is -1.59. The van der Waals surface area contributed by atoms with Gasteiger partial charge in [-0.05, 0) is 51.1 Å². The number of piperazine rings is 1. The van der Waals surface area contributed by atoms with Crippen molar-refractivity contribution in [2.45, 2.75) is 32.6 Å². The Kier molecular flexibility index (Phi) is 7.26. The summed E-state index contributed by atoms with van der Waals surface area (Å²) in [6.45, 7) is 13.7. The number of rotatable bonds is 8. The molecule has 0 radical (unpaired) electrons. The fourth-order valence-corrected chi connectivity index (χ4v) is 3.19. The van der Waals surface area contributed by atoms with Gasteiger partial charge in [0.05, 0.1) is 12.5 Å². The van der Waals surface area contributed by atoms with E-state index in [0.717, 1.165) is 63.5 Å². The Morgan fingerprint density at radius 3 is 2.28 bits per heavy atom. The Bertz CT molecular complexity index is 534. The number of nitrogens with zero attached hydrogens (tertiary/aromatic N) is 2. The quantitative estimate of drug-likeness (QED) is 0.732. The lowest BCUT2D eigenvalue weighted by molar-refractivity contribution is -0.125. The van der Waals surface area contributed by atoms with Crippen LogP contribution in [0.4, 0.5) is 0 Å². The fraction of sp³-hybridized carbons (Fsp3) is 0.650.